The van der Waals surface area contributed by atoms with Crippen molar-refractivity contribution in [2.75, 3.05) is 24.5 Å². The number of benzene rings is 5. The van der Waals surface area contributed by atoms with Crippen LogP contribution in [-0.2, 0) is 73.8 Å². The van der Waals surface area contributed by atoms with Gasteiger partial charge in [-0.2, -0.15) is 0 Å². The minimum Gasteiger partial charge on any atom is -0.448 e. The summed E-state index contributed by atoms with van der Waals surface area (Å²) < 4.78 is 23.8. The van der Waals surface area contributed by atoms with Crippen LogP contribution in [0.3, 0.4) is 0 Å². The molecule has 6 aliphatic carbocycles. The van der Waals surface area contributed by atoms with Crippen LogP contribution in [-0.4, -0.2) is 22.8 Å². The lowest BCUT2D eigenvalue weighted by molar-refractivity contribution is -0.0596. The number of hydrogen-bond acceptors (Lipinski definition) is 10. The molecule has 132 heavy (non-hydrogen) atoms. The second kappa shape index (κ2) is 29.5. The Morgan fingerprint density at radius 3 is 1.01 bits per heavy atom. The molecule has 10 aromatic heterocycles. The Balaban J connectivity index is 0.0000000937. The topological polar surface area (TPSA) is 67.1 Å². The highest BCUT2D eigenvalue weighted by Gasteiger charge is 2.70. The molecule has 0 N–H and O–H groups in total. The average Bonchev–Trinajstić information content (AvgIpc) is 1.49. The monoisotopic (exact) mass is 1810 g/mol. The van der Waals surface area contributed by atoms with E-state index >= 15 is 0 Å². The van der Waals surface area contributed by atoms with Crippen LogP contribution >= 0.6 is 34.0 Å². The largest absolute Gasteiger partial charge is 0.448 e. The van der Waals surface area contributed by atoms with Crippen molar-refractivity contribution < 1.29 is 8.83 Å². The molecule has 7 atom stereocenters. The number of furan rings is 2. The third-order valence-corrected chi connectivity index (χ3v) is 42.1. The van der Waals surface area contributed by atoms with Crippen LogP contribution in [0.5, 0.6) is 0 Å². The van der Waals surface area contributed by atoms with E-state index in [1.807, 2.05) is 46.5 Å². The lowest BCUT2D eigenvalue weighted by Gasteiger charge is -2.64. The van der Waals surface area contributed by atoms with Crippen LogP contribution in [0.15, 0.2) is 177 Å². The van der Waals surface area contributed by atoms with Crippen LogP contribution < -0.4 is 24.5 Å². The van der Waals surface area contributed by atoms with Gasteiger partial charge in [0.15, 0.2) is 0 Å². The predicted octanol–water partition coefficient (Wildman–Crippen LogP) is 31.4. The minimum atomic E-state index is -0.117. The molecular formula is C117H140N10O2S3. The minimum absolute atomic E-state index is 0.0197. The van der Waals surface area contributed by atoms with Crippen molar-refractivity contribution in [1.29, 1.82) is 0 Å². The maximum atomic E-state index is 5.88. The average molecular weight is 1810 g/mol. The van der Waals surface area contributed by atoms with Crippen molar-refractivity contribution in [3.8, 4) is 0 Å². The highest BCUT2D eigenvalue weighted by Crippen LogP contribution is 2.74. The first kappa shape index (κ1) is 86.6. The summed E-state index contributed by atoms with van der Waals surface area (Å²) in [5.74, 6) is 3.60. The lowest BCUT2D eigenvalue weighted by atomic mass is 9.47. The summed E-state index contributed by atoms with van der Waals surface area (Å²) in [6.45, 7) is 47.8. The quantitative estimate of drug-likeness (QED) is 0.175. The van der Waals surface area contributed by atoms with E-state index in [1.54, 1.807) is 39.2 Å². The Labute approximate surface area is 796 Å². The molecule has 15 heteroatoms. The summed E-state index contributed by atoms with van der Waals surface area (Å²) in [6.07, 6.45) is 22.9. The van der Waals surface area contributed by atoms with Gasteiger partial charge < -0.3 is 56.2 Å². The van der Waals surface area contributed by atoms with Crippen LogP contribution in [0, 0.1) is 69.1 Å². The Morgan fingerprint density at radius 2 is 0.629 bits per heavy atom. The number of rotatable bonds is 3. The number of hydrogen-bond donors (Lipinski definition) is 0. The van der Waals surface area contributed by atoms with Gasteiger partial charge in [0.1, 0.15) is 14.5 Å². The fourth-order valence-electron chi connectivity index (χ4n) is 32.2. The van der Waals surface area contributed by atoms with Gasteiger partial charge in [-0.3, -0.25) is 0 Å². The van der Waals surface area contributed by atoms with Gasteiger partial charge in [0.25, 0.3) is 0 Å². The third-order valence-electron chi connectivity index (χ3n) is 39.2. The maximum Gasteiger partial charge on any atom is 0.206 e. The molecule has 17 heterocycles. The van der Waals surface area contributed by atoms with Gasteiger partial charge >= 0.3 is 0 Å². The van der Waals surface area contributed by atoms with E-state index in [2.05, 4.69) is 377 Å². The van der Waals surface area contributed by atoms with Crippen molar-refractivity contribution in [1.82, 2.24) is 22.8 Å². The fraction of sp³-hybridized carbons (Fsp3) is 0.487. The number of aromatic nitrogens is 5. The highest BCUT2D eigenvalue weighted by molar-refractivity contribution is 7.17. The number of thiophene rings is 3. The smallest absolute Gasteiger partial charge is 0.206 e. The summed E-state index contributed by atoms with van der Waals surface area (Å²) in [5.41, 5.74) is 34.9. The van der Waals surface area contributed by atoms with Crippen LogP contribution in [0.4, 0.5) is 28.4 Å². The second-order valence-corrected chi connectivity index (χ2v) is 48.1. The zero-order chi connectivity index (χ0) is 92.2. The van der Waals surface area contributed by atoms with Gasteiger partial charge in [-0.25, -0.2) is 0 Å². The van der Waals surface area contributed by atoms with E-state index in [4.69, 9.17) is 8.83 Å². The highest BCUT2D eigenvalue weighted by atomic mass is 32.1. The zero-order valence-corrected chi connectivity index (χ0v) is 85.7. The molecule has 0 saturated heterocycles. The van der Waals surface area contributed by atoms with Gasteiger partial charge in [-0.1, -0.05) is 178 Å². The van der Waals surface area contributed by atoms with Crippen LogP contribution in [0.1, 0.15) is 319 Å². The third kappa shape index (κ3) is 10.7. The number of nitrogens with zero attached hydrogens (tertiary/aromatic N) is 10. The van der Waals surface area contributed by atoms with E-state index in [1.165, 1.54) is 216 Å². The van der Waals surface area contributed by atoms with E-state index in [-0.39, 0.29) is 49.4 Å². The first-order valence-corrected chi connectivity index (χ1v) is 52.8. The van der Waals surface area contributed by atoms with Crippen molar-refractivity contribution >= 4 is 115 Å². The van der Waals surface area contributed by atoms with Crippen molar-refractivity contribution in [3.05, 3.63) is 263 Å². The summed E-state index contributed by atoms with van der Waals surface area (Å²) in [6, 6.07) is 54.1. The Hall–Kier alpha value is -9.54. The molecule has 7 unspecified atom stereocenters. The van der Waals surface area contributed by atoms with Crippen molar-refractivity contribution in [2.24, 2.45) is 69.7 Å². The fourth-order valence-corrected chi connectivity index (χ4v) is 34.9. The van der Waals surface area contributed by atoms with Gasteiger partial charge in [-0.15, -0.1) is 34.0 Å². The molecule has 28 rings (SSSR count). The Morgan fingerprint density at radius 1 is 0.311 bits per heavy atom. The molecule has 4 bridgehead atoms. The van der Waals surface area contributed by atoms with Gasteiger partial charge in [0, 0.05) is 158 Å². The lowest BCUT2D eigenvalue weighted by Crippen LogP contribution is -2.62. The van der Waals surface area contributed by atoms with Gasteiger partial charge in [-0.05, 0) is 279 Å². The predicted molar refractivity (Wildman–Crippen MR) is 555 cm³/mol. The number of fused-ring (bicyclic) bond motifs is 25. The molecule has 0 amide bonds. The van der Waals surface area contributed by atoms with E-state index in [9.17, 15) is 0 Å². The molecule has 6 fully saturated rings. The SMILES string of the molecule is Cc1cccc2c1N1C(C)c3c(c4ccoc4n3C)C1(C)C(C)(C)C2(C)C.Cc1cccc2c1N1C(C)c3c(c4ccoc4n3C)C1(C)C(C)(C)C2(C)C.Cc1ccccc1N1C(C)c2c(c3ccsc3n2C)C12C1CC3CC(C1)CC2C3.Cc1ccccc1N1C(C)c2c(c3ccsc3n2C)C12CCCC2.Cc1ccccc1N1C(C)c2c(c3ccsc3n2C)C12CCCCC2. The zero-order valence-electron chi connectivity index (χ0n) is 83.3. The first-order valence-electron chi connectivity index (χ1n) is 50.2. The molecule has 15 aromatic rings. The van der Waals surface area contributed by atoms with Gasteiger partial charge in [0.05, 0.1) is 70.4 Å². The molecule has 688 valence electrons. The maximum absolute atomic E-state index is 5.88. The standard InChI is InChI=1S/C26H30N2S.2C24H30N2O.C22H26N2S.C21H24N2S/c1-15-6-4-5-7-22(15)28-16(2)24-23(21-8-9-29-25(21)27(24)3)26(28)19-11-17-10-18(13-19)14-20(26)12-17;2*1-14-10-9-11-17-19(14)26-15(2)20-18(16-12-13-27-21(16)25(20)8)24(26,7)23(5,6)22(17,3)4;1-15-9-5-6-10-18(15)24-16(2)20-19(22(24)12-7-4-8-13-22)17-11-14-25-21(17)23(20)3;1-14-8-4-5-9-17(14)23-15(2)19-18(21(23)11-6-7-12-21)16-10-13-24-20(16)22(19)3/h4-9,16-20H,10-14H2,1-3H3;2*9-13,15H,1-8H3;5-6,9-11,14,16H,4,7-8,12-13H2,1-3H3;4-5,8-10,13,15H,6-7,11-12H2,1-3H3. The van der Waals surface area contributed by atoms with Crippen LogP contribution in [0.2, 0.25) is 0 Å². The first-order chi connectivity index (χ1) is 63.0. The number of aryl methyl sites for hydroxylation is 10. The van der Waals surface area contributed by atoms with E-state index in [0.29, 0.717) is 30.2 Å². The molecule has 13 aliphatic rings. The molecule has 5 aromatic carbocycles. The molecule has 3 spiro atoms. The van der Waals surface area contributed by atoms with Crippen LogP contribution in [0.25, 0.3) is 52.8 Å². The Kier molecular flexibility index (Phi) is 19.3. The molecule has 7 aliphatic heterocycles. The van der Waals surface area contributed by atoms with E-state index in [0.717, 1.165) is 35.1 Å². The Bertz CT molecular complexity index is 6950. The number of para-hydroxylation sites is 5. The summed E-state index contributed by atoms with van der Waals surface area (Å²) in [5, 5.41) is 13.9. The summed E-state index contributed by atoms with van der Waals surface area (Å²) >= 11 is 5.71. The normalized spacial score (nSPS) is 27.6. The number of anilines is 5. The second-order valence-electron chi connectivity index (χ2n) is 45.4. The molecule has 6 saturated carbocycles. The summed E-state index contributed by atoms with van der Waals surface area (Å²) in [7, 11) is 11.2. The van der Waals surface area contributed by atoms with Gasteiger partial charge in [0.2, 0.25) is 11.4 Å². The molecule has 0 radical (unpaired) electrons. The summed E-state index contributed by atoms with van der Waals surface area (Å²) in [4.78, 5) is 18.3. The van der Waals surface area contributed by atoms with E-state index < -0.39 is 0 Å². The molecular weight excluding hydrogens is 1670 g/mol. The van der Waals surface area contributed by atoms with Crippen molar-refractivity contribution in [2.45, 2.75) is 297 Å². The molecule has 12 nitrogen and oxygen atoms in total. The van der Waals surface area contributed by atoms with Crippen molar-refractivity contribution in [3.63, 3.8) is 0 Å².